The molecule has 0 fully saturated rings. The third-order valence-electron chi connectivity index (χ3n) is 3.66. The van der Waals surface area contributed by atoms with Crippen molar-refractivity contribution >= 4 is 11.8 Å². The number of benzene rings is 1. The molecule has 0 aliphatic rings. The number of hydrogen-bond donors (Lipinski definition) is 1. The van der Waals surface area contributed by atoms with Crippen LogP contribution in [-0.4, -0.2) is 16.0 Å². The van der Waals surface area contributed by atoms with Crippen molar-refractivity contribution in [2.24, 2.45) is 0 Å². The van der Waals surface area contributed by atoms with Crippen molar-refractivity contribution in [2.75, 3.05) is 5.32 Å². The molecule has 0 bridgehead atoms. The van der Waals surface area contributed by atoms with Gasteiger partial charge < -0.3 is 4.52 Å². The Morgan fingerprint density at radius 2 is 1.91 bits per heavy atom. The number of aromatic nitrogens is 2. The van der Waals surface area contributed by atoms with Crippen LogP contribution < -0.4 is 5.32 Å². The zero-order valence-electron chi connectivity index (χ0n) is 12.8. The largest absolute Gasteiger partial charge is 0.338 e. The second-order valence-electron chi connectivity index (χ2n) is 5.17. The number of pyridine rings is 1. The van der Waals surface area contributed by atoms with Crippen molar-refractivity contribution < 1.29 is 9.32 Å². The molecule has 1 N–H and O–H groups in total. The minimum Gasteiger partial charge on any atom is -0.338 e. The standard InChI is InChI=1S/C18H17N3O2/c1-2-15(13-6-4-3-5-7-13)18(22)20-17-12-16(21-23-17)14-8-10-19-11-9-14/h3-12,15H,2H2,1H3,(H,20,22). The average molecular weight is 307 g/mol. The van der Waals surface area contributed by atoms with Gasteiger partial charge in [0.1, 0.15) is 5.69 Å². The lowest BCUT2D eigenvalue weighted by Gasteiger charge is -2.13. The maximum atomic E-state index is 12.5. The fourth-order valence-electron chi connectivity index (χ4n) is 2.46. The van der Waals surface area contributed by atoms with Gasteiger partial charge in [0.15, 0.2) is 0 Å². The number of nitrogens with one attached hydrogen (secondary N) is 1. The molecule has 116 valence electrons. The topological polar surface area (TPSA) is 68.0 Å². The van der Waals surface area contributed by atoms with Gasteiger partial charge >= 0.3 is 0 Å². The molecule has 0 radical (unpaired) electrons. The van der Waals surface area contributed by atoms with Crippen LogP contribution in [0.5, 0.6) is 0 Å². The van der Waals surface area contributed by atoms with Crippen molar-refractivity contribution in [3.8, 4) is 11.3 Å². The van der Waals surface area contributed by atoms with Crippen LogP contribution in [0.15, 0.2) is 65.4 Å². The first-order valence-electron chi connectivity index (χ1n) is 7.51. The molecule has 1 unspecified atom stereocenters. The summed E-state index contributed by atoms with van der Waals surface area (Å²) < 4.78 is 5.22. The van der Waals surface area contributed by atoms with Gasteiger partial charge in [0.05, 0.1) is 5.92 Å². The number of hydrogen-bond acceptors (Lipinski definition) is 4. The van der Waals surface area contributed by atoms with Gasteiger partial charge in [0.25, 0.3) is 0 Å². The van der Waals surface area contributed by atoms with Gasteiger partial charge in [-0.25, -0.2) is 0 Å². The highest BCUT2D eigenvalue weighted by Gasteiger charge is 2.20. The van der Waals surface area contributed by atoms with Crippen molar-refractivity contribution in [1.29, 1.82) is 0 Å². The molecule has 0 spiro atoms. The number of amides is 1. The SMILES string of the molecule is CCC(C(=O)Nc1cc(-c2ccncc2)no1)c1ccccc1. The van der Waals surface area contributed by atoms with Gasteiger partial charge in [0.2, 0.25) is 11.8 Å². The maximum absolute atomic E-state index is 12.5. The minimum atomic E-state index is -0.217. The van der Waals surface area contributed by atoms with Gasteiger partial charge in [-0.3, -0.25) is 15.1 Å². The van der Waals surface area contributed by atoms with Crippen LogP contribution >= 0.6 is 0 Å². The van der Waals surface area contributed by atoms with Gasteiger partial charge in [-0.1, -0.05) is 42.4 Å². The number of anilines is 1. The van der Waals surface area contributed by atoms with Gasteiger partial charge in [-0.05, 0) is 24.1 Å². The van der Waals surface area contributed by atoms with Crippen LogP contribution in [0.2, 0.25) is 0 Å². The maximum Gasteiger partial charge on any atom is 0.234 e. The van der Waals surface area contributed by atoms with E-state index >= 15 is 0 Å². The first-order chi connectivity index (χ1) is 11.3. The summed E-state index contributed by atoms with van der Waals surface area (Å²) in [5.41, 5.74) is 2.54. The molecular weight excluding hydrogens is 290 g/mol. The lowest BCUT2D eigenvalue weighted by Crippen LogP contribution is -2.20. The van der Waals surface area contributed by atoms with Crippen LogP contribution in [0.1, 0.15) is 24.8 Å². The van der Waals surface area contributed by atoms with E-state index in [1.165, 1.54) is 0 Å². The highest BCUT2D eigenvalue weighted by atomic mass is 16.5. The number of rotatable bonds is 5. The Balaban J connectivity index is 1.74. The van der Waals surface area contributed by atoms with Crippen molar-refractivity contribution in [1.82, 2.24) is 10.1 Å². The molecule has 1 atom stereocenters. The molecule has 1 aromatic carbocycles. The molecule has 23 heavy (non-hydrogen) atoms. The summed E-state index contributed by atoms with van der Waals surface area (Å²) in [5.74, 6) is 0.0259. The van der Waals surface area contributed by atoms with E-state index in [2.05, 4.69) is 15.5 Å². The number of carbonyl (C=O) groups excluding carboxylic acids is 1. The molecule has 2 heterocycles. The van der Waals surface area contributed by atoms with Gasteiger partial charge in [-0.15, -0.1) is 0 Å². The Labute approximate surface area is 134 Å². The molecule has 0 aliphatic heterocycles. The third kappa shape index (κ3) is 3.45. The fraction of sp³-hybridized carbons (Fsp3) is 0.167. The third-order valence-corrected chi connectivity index (χ3v) is 3.66. The zero-order valence-corrected chi connectivity index (χ0v) is 12.8. The zero-order chi connectivity index (χ0) is 16.1. The second kappa shape index (κ2) is 6.87. The Morgan fingerprint density at radius 3 is 2.61 bits per heavy atom. The lowest BCUT2D eigenvalue weighted by atomic mass is 9.96. The normalized spacial score (nSPS) is 11.9. The van der Waals surface area contributed by atoms with Gasteiger partial charge in [0, 0.05) is 24.0 Å². The Bertz CT molecular complexity index is 769. The summed E-state index contributed by atoms with van der Waals surface area (Å²) in [6.07, 6.45) is 4.08. The molecular formula is C18H17N3O2. The predicted octanol–water partition coefficient (Wildman–Crippen LogP) is 3.87. The first-order valence-corrected chi connectivity index (χ1v) is 7.51. The summed E-state index contributed by atoms with van der Waals surface area (Å²) >= 11 is 0. The van der Waals surface area contributed by atoms with E-state index in [1.807, 2.05) is 49.4 Å². The average Bonchev–Trinajstić information content (AvgIpc) is 3.06. The van der Waals surface area contributed by atoms with Crippen LogP contribution in [0, 0.1) is 0 Å². The van der Waals surface area contributed by atoms with E-state index in [0.717, 1.165) is 11.1 Å². The molecule has 3 aromatic rings. The molecule has 1 amide bonds. The number of nitrogens with zero attached hydrogens (tertiary/aromatic N) is 2. The van der Waals surface area contributed by atoms with E-state index in [-0.39, 0.29) is 11.8 Å². The van der Waals surface area contributed by atoms with E-state index < -0.39 is 0 Å². The molecule has 0 aliphatic carbocycles. The molecule has 2 aromatic heterocycles. The van der Waals surface area contributed by atoms with Crippen LogP contribution in [0.25, 0.3) is 11.3 Å². The van der Waals surface area contributed by atoms with E-state index in [4.69, 9.17) is 4.52 Å². The van der Waals surface area contributed by atoms with Crippen molar-refractivity contribution in [3.63, 3.8) is 0 Å². The van der Waals surface area contributed by atoms with Crippen LogP contribution in [0.4, 0.5) is 5.88 Å². The van der Waals surface area contributed by atoms with Crippen LogP contribution in [0.3, 0.4) is 0 Å². The summed E-state index contributed by atoms with van der Waals surface area (Å²) in [6, 6.07) is 15.1. The summed E-state index contributed by atoms with van der Waals surface area (Å²) in [5, 5.41) is 6.78. The summed E-state index contributed by atoms with van der Waals surface area (Å²) in [7, 11) is 0. The molecule has 5 nitrogen and oxygen atoms in total. The minimum absolute atomic E-state index is 0.101. The highest BCUT2D eigenvalue weighted by Crippen LogP contribution is 2.24. The Hall–Kier alpha value is -2.95. The van der Waals surface area contributed by atoms with Crippen LogP contribution in [-0.2, 0) is 4.79 Å². The molecule has 0 saturated heterocycles. The lowest BCUT2D eigenvalue weighted by molar-refractivity contribution is -0.117. The van der Waals surface area contributed by atoms with E-state index in [0.29, 0.717) is 18.0 Å². The fourth-order valence-corrected chi connectivity index (χ4v) is 2.46. The quantitative estimate of drug-likeness (QED) is 0.777. The van der Waals surface area contributed by atoms with Crippen molar-refractivity contribution in [2.45, 2.75) is 19.3 Å². The monoisotopic (exact) mass is 307 g/mol. The first kappa shape index (κ1) is 15.0. The molecule has 5 heteroatoms. The molecule has 0 saturated carbocycles. The van der Waals surface area contributed by atoms with E-state index in [9.17, 15) is 4.79 Å². The number of carbonyl (C=O) groups is 1. The van der Waals surface area contributed by atoms with Crippen molar-refractivity contribution in [3.05, 3.63) is 66.5 Å². The predicted molar refractivity (Wildman–Crippen MR) is 87.8 cm³/mol. The summed E-state index contributed by atoms with van der Waals surface area (Å²) in [4.78, 5) is 16.4. The van der Waals surface area contributed by atoms with Gasteiger partial charge in [-0.2, -0.15) is 0 Å². The highest BCUT2D eigenvalue weighted by molar-refractivity contribution is 5.95. The Morgan fingerprint density at radius 1 is 1.17 bits per heavy atom. The smallest absolute Gasteiger partial charge is 0.234 e. The molecule has 3 rings (SSSR count). The Kier molecular flexibility index (Phi) is 4.47. The summed E-state index contributed by atoms with van der Waals surface area (Å²) in [6.45, 7) is 1.99. The van der Waals surface area contributed by atoms with E-state index in [1.54, 1.807) is 18.5 Å². The second-order valence-corrected chi connectivity index (χ2v) is 5.17.